The largest absolute Gasteiger partial charge is 0.275 e. The van der Waals surface area contributed by atoms with Crippen LogP contribution in [0.4, 0.5) is 13.2 Å². The second-order valence-electron chi connectivity index (χ2n) is 8.09. The van der Waals surface area contributed by atoms with E-state index in [1.165, 1.54) is 38.5 Å². The summed E-state index contributed by atoms with van der Waals surface area (Å²) < 4.78 is 38.8. The summed E-state index contributed by atoms with van der Waals surface area (Å²) in [5.74, 6) is -0.346. The van der Waals surface area contributed by atoms with Gasteiger partial charge < -0.3 is 0 Å². The minimum absolute atomic E-state index is 0.0237. The summed E-state index contributed by atoms with van der Waals surface area (Å²) >= 11 is 0. The van der Waals surface area contributed by atoms with E-state index in [1.807, 2.05) is 0 Å². The first kappa shape index (κ1) is 14.7. The Bertz CT molecular complexity index is 309. The van der Waals surface area contributed by atoms with Crippen molar-refractivity contribution in [3.8, 4) is 0 Å². The number of hydrogen-bond acceptors (Lipinski definition) is 0. The fourth-order valence-corrected chi connectivity index (χ4v) is 5.67. The van der Waals surface area contributed by atoms with Crippen molar-refractivity contribution in [2.45, 2.75) is 83.2 Å². The molecule has 0 spiro atoms. The van der Waals surface area contributed by atoms with Crippen molar-refractivity contribution in [3.63, 3.8) is 0 Å². The molecule has 0 radical (unpaired) electrons. The van der Waals surface area contributed by atoms with Crippen LogP contribution in [-0.2, 0) is 0 Å². The van der Waals surface area contributed by atoms with Gasteiger partial charge in [-0.1, -0.05) is 12.8 Å². The van der Waals surface area contributed by atoms with Crippen molar-refractivity contribution in [2.24, 2.45) is 23.2 Å². The third-order valence-electron chi connectivity index (χ3n) is 6.13. The van der Waals surface area contributed by atoms with E-state index in [0.717, 1.165) is 30.6 Å². The highest BCUT2D eigenvalue weighted by atomic mass is 19.3. The highest BCUT2D eigenvalue weighted by molar-refractivity contribution is 5.01. The van der Waals surface area contributed by atoms with Gasteiger partial charge in [0.15, 0.2) is 6.17 Å². The quantitative estimate of drug-likeness (QED) is 0.545. The number of alkyl halides is 3. The third kappa shape index (κ3) is 3.01. The Morgan fingerprint density at radius 3 is 1.95 bits per heavy atom. The Morgan fingerprint density at radius 2 is 1.50 bits per heavy atom. The van der Waals surface area contributed by atoms with Gasteiger partial charge in [-0.2, -0.15) is 0 Å². The average Bonchev–Trinajstić information content (AvgIpc) is 2.31. The fourth-order valence-electron chi connectivity index (χ4n) is 5.67. The van der Waals surface area contributed by atoms with Gasteiger partial charge in [-0.25, -0.2) is 13.2 Å². The van der Waals surface area contributed by atoms with Gasteiger partial charge in [-0.3, -0.25) is 0 Å². The van der Waals surface area contributed by atoms with E-state index in [1.54, 1.807) is 0 Å². The molecule has 0 heterocycles. The van der Waals surface area contributed by atoms with Crippen LogP contribution in [0.1, 0.15) is 71.1 Å². The third-order valence-corrected chi connectivity index (χ3v) is 6.13. The van der Waals surface area contributed by atoms with Crippen LogP contribution in [0, 0.1) is 23.2 Å². The van der Waals surface area contributed by atoms with E-state index in [0.29, 0.717) is 18.8 Å². The van der Waals surface area contributed by atoms with E-state index in [-0.39, 0.29) is 6.42 Å². The van der Waals surface area contributed by atoms with E-state index in [9.17, 15) is 13.2 Å². The summed E-state index contributed by atoms with van der Waals surface area (Å²) in [6, 6.07) is 0. The van der Waals surface area contributed by atoms with Crippen LogP contribution in [0.15, 0.2) is 0 Å². The maximum Gasteiger partial charge on any atom is 0.275 e. The van der Waals surface area contributed by atoms with Crippen LogP contribution in [0.5, 0.6) is 0 Å². The predicted octanol–water partition coefficient (Wildman–Crippen LogP) is 5.76. The van der Waals surface area contributed by atoms with Crippen LogP contribution in [0.25, 0.3) is 0 Å². The van der Waals surface area contributed by atoms with Crippen LogP contribution >= 0.6 is 0 Å². The zero-order valence-electron chi connectivity index (χ0n) is 12.5. The molecule has 116 valence electrons. The summed E-state index contributed by atoms with van der Waals surface area (Å²) in [6.45, 7) is 0.691. The lowest BCUT2D eigenvalue weighted by molar-refractivity contribution is -0.0646. The highest BCUT2D eigenvalue weighted by Crippen LogP contribution is 2.61. The summed E-state index contributed by atoms with van der Waals surface area (Å²) in [7, 11) is 0. The van der Waals surface area contributed by atoms with Crippen LogP contribution in [-0.4, -0.2) is 12.1 Å². The van der Waals surface area contributed by atoms with Crippen molar-refractivity contribution in [3.05, 3.63) is 0 Å². The lowest BCUT2D eigenvalue weighted by Gasteiger charge is -2.57. The van der Waals surface area contributed by atoms with Crippen LogP contribution in [0.3, 0.4) is 0 Å². The molecule has 0 aliphatic heterocycles. The van der Waals surface area contributed by atoms with Gasteiger partial charge in [-0.05, 0) is 74.5 Å². The molecule has 1 atom stereocenters. The Labute approximate surface area is 120 Å². The molecule has 0 aromatic carbocycles. The summed E-state index contributed by atoms with van der Waals surface area (Å²) in [4.78, 5) is 0. The second-order valence-corrected chi connectivity index (χ2v) is 8.09. The zero-order valence-corrected chi connectivity index (χ0v) is 12.5. The molecule has 4 aliphatic carbocycles. The molecule has 0 nitrogen and oxygen atoms in total. The van der Waals surface area contributed by atoms with Gasteiger partial charge in [0.05, 0.1) is 0 Å². The Morgan fingerprint density at radius 1 is 1.00 bits per heavy atom. The molecule has 0 saturated heterocycles. The highest BCUT2D eigenvalue weighted by Gasteiger charge is 2.50. The predicted molar refractivity (Wildman–Crippen MR) is 74.6 cm³/mol. The maximum absolute atomic E-state index is 13.2. The van der Waals surface area contributed by atoms with E-state index in [4.69, 9.17) is 0 Å². The minimum atomic E-state index is -3.17. The first-order valence-electron chi connectivity index (χ1n) is 8.38. The molecule has 1 unspecified atom stereocenters. The maximum atomic E-state index is 13.2. The monoisotopic (exact) mass is 288 g/mol. The first-order chi connectivity index (χ1) is 9.36. The van der Waals surface area contributed by atoms with Crippen LogP contribution < -0.4 is 0 Å². The van der Waals surface area contributed by atoms with Gasteiger partial charge in [0.2, 0.25) is 0 Å². The normalized spacial score (nSPS) is 41.1. The molecule has 0 aromatic heterocycles. The molecular weight excluding hydrogens is 261 g/mol. The van der Waals surface area contributed by atoms with Gasteiger partial charge in [-0.15, -0.1) is 0 Å². The Balaban J connectivity index is 1.45. The van der Waals surface area contributed by atoms with Crippen molar-refractivity contribution in [2.75, 3.05) is 0 Å². The van der Waals surface area contributed by atoms with Crippen molar-refractivity contribution < 1.29 is 13.2 Å². The number of halogens is 3. The molecular formula is C17H27F3. The average molecular weight is 288 g/mol. The topological polar surface area (TPSA) is 0 Å². The molecule has 4 bridgehead atoms. The van der Waals surface area contributed by atoms with Crippen molar-refractivity contribution in [1.29, 1.82) is 0 Å². The standard InChI is InChI=1S/C17H27F3/c1-16(19,20)15(18)4-2-3-5-17-9-12-6-13(10-17)8-14(7-12)11-17/h12-15H,2-11H2,1H3. The smallest absolute Gasteiger partial charge is 0.241 e. The van der Waals surface area contributed by atoms with E-state index in [2.05, 4.69) is 0 Å². The molecule has 4 rings (SSSR count). The van der Waals surface area contributed by atoms with Crippen molar-refractivity contribution in [1.82, 2.24) is 0 Å². The molecule has 0 N–H and O–H groups in total. The molecule has 20 heavy (non-hydrogen) atoms. The van der Waals surface area contributed by atoms with E-state index >= 15 is 0 Å². The lowest BCUT2D eigenvalue weighted by Crippen LogP contribution is -2.45. The lowest BCUT2D eigenvalue weighted by atomic mass is 9.48. The number of rotatable bonds is 6. The van der Waals surface area contributed by atoms with Gasteiger partial charge in [0, 0.05) is 6.92 Å². The molecule has 0 amide bonds. The Hall–Kier alpha value is -0.210. The van der Waals surface area contributed by atoms with E-state index < -0.39 is 12.1 Å². The summed E-state index contributed by atoms with van der Waals surface area (Å²) in [5.41, 5.74) is 0.509. The molecule has 4 fully saturated rings. The van der Waals surface area contributed by atoms with Crippen molar-refractivity contribution >= 4 is 0 Å². The fraction of sp³-hybridized carbons (Fsp3) is 1.00. The van der Waals surface area contributed by atoms with Gasteiger partial charge in [0.1, 0.15) is 0 Å². The first-order valence-corrected chi connectivity index (χ1v) is 8.38. The zero-order chi connectivity index (χ0) is 14.4. The van der Waals surface area contributed by atoms with Crippen LogP contribution in [0.2, 0.25) is 0 Å². The summed E-state index contributed by atoms with van der Waals surface area (Å²) in [5, 5.41) is 0. The second kappa shape index (κ2) is 5.21. The van der Waals surface area contributed by atoms with Gasteiger partial charge >= 0.3 is 0 Å². The summed E-state index contributed by atoms with van der Waals surface area (Å²) in [6.07, 6.45) is 9.17. The molecule has 3 heteroatoms. The SMILES string of the molecule is CC(F)(F)C(F)CCCCC12CC3CC(CC(C3)C1)C2. The molecule has 4 aliphatic rings. The molecule has 4 saturated carbocycles. The number of hydrogen-bond donors (Lipinski definition) is 0. The van der Waals surface area contributed by atoms with Gasteiger partial charge in [0.25, 0.3) is 5.92 Å². The minimum Gasteiger partial charge on any atom is -0.241 e. The Kier molecular flexibility index (Phi) is 3.83. The molecule has 0 aromatic rings. The number of unbranched alkanes of at least 4 members (excludes halogenated alkanes) is 1.